The van der Waals surface area contributed by atoms with E-state index in [0.717, 1.165) is 5.92 Å². The average Bonchev–Trinajstić information content (AvgIpc) is 2.53. The SMILES string of the molecule is Cc1ccccc1[C@@H]1C[C@H](C)CN1. The molecule has 1 aliphatic rings. The molecule has 0 amide bonds. The summed E-state index contributed by atoms with van der Waals surface area (Å²) in [5.41, 5.74) is 2.89. The van der Waals surface area contributed by atoms with E-state index < -0.39 is 0 Å². The quantitative estimate of drug-likeness (QED) is 0.692. The third kappa shape index (κ3) is 1.75. The Hall–Kier alpha value is -0.820. The molecule has 0 aliphatic carbocycles. The molecule has 0 saturated carbocycles. The number of hydrogen-bond acceptors (Lipinski definition) is 1. The molecule has 1 saturated heterocycles. The molecule has 1 N–H and O–H groups in total. The van der Waals surface area contributed by atoms with Crippen LogP contribution >= 0.6 is 0 Å². The molecule has 1 aromatic rings. The lowest BCUT2D eigenvalue weighted by Crippen LogP contribution is -2.14. The van der Waals surface area contributed by atoms with Gasteiger partial charge in [0.25, 0.3) is 0 Å². The molecule has 0 spiro atoms. The Morgan fingerprint density at radius 3 is 2.69 bits per heavy atom. The van der Waals surface area contributed by atoms with Crippen LogP contribution in [0, 0.1) is 12.8 Å². The van der Waals surface area contributed by atoms with Gasteiger partial charge in [0.2, 0.25) is 0 Å². The summed E-state index contributed by atoms with van der Waals surface area (Å²) in [6, 6.07) is 9.27. The highest BCUT2D eigenvalue weighted by Gasteiger charge is 2.22. The summed E-state index contributed by atoms with van der Waals surface area (Å²) in [5.74, 6) is 0.824. The van der Waals surface area contributed by atoms with Gasteiger partial charge in [-0.2, -0.15) is 0 Å². The molecule has 70 valence electrons. The number of aryl methyl sites for hydroxylation is 1. The van der Waals surface area contributed by atoms with Gasteiger partial charge in [0.05, 0.1) is 0 Å². The van der Waals surface area contributed by atoms with Crippen molar-refractivity contribution in [2.45, 2.75) is 26.3 Å². The normalized spacial score (nSPS) is 27.8. The molecule has 0 aromatic heterocycles. The van der Waals surface area contributed by atoms with Gasteiger partial charge in [-0.3, -0.25) is 0 Å². The van der Waals surface area contributed by atoms with Gasteiger partial charge >= 0.3 is 0 Å². The van der Waals surface area contributed by atoms with E-state index >= 15 is 0 Å². The fourth-order valence-corrected chi connectivity index (χ4v) is 2.13. The molecule has 0 unspecified atom stereocenters. The van der Waals surface area contributed by atoms with E-state index in [0.29, 0.717) is 6.04 Å². The largest absolute Gasteiger partial charge is 0.310 e. The van der Waals surface area contributed by atoms with Crippen LogP contribution in [0.2, 0.25) is 0 Å². The molecule has 1 aromatic carbocycles. The van der Waals surface area contributed by atoms with Crippen molar-refractivity contribution in [3.63, 3.8) is 0 Å². The second-order valence-electron chi connectivity index (χ2n) is 4.16. The maximum Gasteiger partial charge on any atom is 0.0325 e. The Morgan fingerprint density at radius 2 is 2.08 bits per heavy atom. The van der Waals surface area contributed by atoms with Crippen LogP contribution in [-0.4, -0.2) is 6.54 Å². The maximum absolute atomic E-state index is 3.56. The average molecular weight is 175 g/mol. The van der Waals surface area contributed by atoms with Gasteiger partial charge in [-0.25, -0.2) is 0 Å². The van der Waals surface area contributed by atoms with E-state index in [-0.39, 0.29) is 0 Å². The van der Waals surface area contributed by atoms with Gasteiger partial charge in [0, 0.05) is 6.04 Å². The number of benzene rings is 1. The number of nitrogens with one attached hydrogen (secondary N) is 1. The van der Waals surface area contributed by atoms with Crippen LogP contribution in [0.1, 0.15) is 30.5 Å². The zero-order chi connectivity index (χ0) is 9.26. The summed E-state index contributed by atoms with van der Waals surface area (Å²) < 4.78 is 0. The predicted molar refractivity (Wildman–Crippen MR) is 55.7 cm³/mol. The minimum Gasteiger partial charge on any atom is -0.310 e. The Balaban J connectivity index is 2.21. The van der Waals surface area contributed by atoms with Gasteiger partial charge in [-0.1, -0.05) is 31.2 Å². The molecule has 0 radical (unpaired) electrons. The van der Waals surface area contributed by atoms with Crippen molar-refractivity contribution in [3.8, 4) is 0 Å². The minimum atomic E-state index is 0.594. The Bertz CT molecular complexity index is 293. The van der Waals surface area contributed by atoms with Crippen LogP contribution < -0.4 is 5.32 Å². The summed E-state index contributed by atoms with van der Waals surface area (Å²) >= 11 is 0. The lowest BCUT2D eigenvalue weighted by Gasteiger charge is -2.13. The van der Waals surface area contributed by atoms with Crippen molar-refractivity contribution >= 4 is 0 Å². The molecule has 13 heavy (non-hydrogen) atoms. The van der Waals surface area contributed by atoms with Gasteiger partial charge in [-0.05, 0) is 36.9 Å². The molecule has 2 atom stereocenters. The van der Waals surface area contributed by atoms with E-state index in [9.17, 15) is 0 Å². The fraction of sp³-hybridized carbons (Fsp3) is 0.500. The first-order chi connectivity index (χ1) is 6.27. The van der Waals surface area contributed by atoms with E-state index in [1.54, 1.807) is 0 Å². The van der Waals surface area contributed by atoms with E-state index in [1.165, 1.54) is 24.1 Å². The van der Waals surface area contributed by atoms with Crippen LogP contribution in [-0.2, 0) is 0 Å². The van der Waals surface area contributed by atoms with Crippen molar-refractivity contribution in [3.05, 3.63) is 35.4 Å². The lowest BCUT2D eigenvalue weighted by molar-refractivity contribution is 0.609. The van der Waals surface area contributed by atoms with Crippen LogP contribution in [0.3, 0.4) is 0 Å². The number of hydrogen-bond donors (Lipinski definition) is 1. The summed E-state index contributed by atoms with van der Waals surface area (Å²) in [4.78, 5) is 0. The first-order valence-corrected chi connectivity index (χ1v) is 5.06. The second-order valence-corrected chi connectivity index (χ2v) is 4.16. The standard InChI is InChI=1S/C12H17N/c1-9-7-12(13-8-9)11-6-4-3-5-10(11)2/h3-6,9,12-13H,7-8H2,1-2H3/t9-,12-/m0/s1. The monoisotopic (exact) mass is 175 g/mol. The second kappa shape index (κ2) is 3.51. The summed E-state index contributed by atoms with van der Waals surface area (Å²) in [7, 11) is 0. The predicted octanol–water partition coefficient (Wildman–Crippen LogP) is 2.67. The first kappa shape index (κ1) is 8.76. The molecule has 1 aliphatic heterocycles. The molecule has 1 nitrogen and oxygen atoms in total. The van der Waals surface area contributed by atoms with Crippen molar-refractivity contribution in [2.75, 3.05) is 6.54 Å². The van der Waals surface area contributed by atoms with Crippen molar-refractivity contribution in [1.29, 1.82) is 0 Å². The van der Waals surface area contributed by atoms with E-state index in [2.05, 4.69) is 43.4 Å². The van der Waals surface area contributed by atoms with Gasteiger partial charge < -0.3 is 5.32 Å². The fourth-order valence-electron chi connectivity index (χ4n) is 2.13. The smallest absolute Gasteiger partial charge is 0.0325 e. The van der Waals surface area contributed by atoms with Crippen molar-refractivity contribution in [2.24, 2.45) is 5.92 Å². The Labute approximate surface area is 80.2 Å². The maximum atomic E-state index is 3.56. The van der Waals surface area contributed by atoms with Crippen molar-refractivity contribution < 1.29 is 0 Å². The summed E-state index contributed by atoms with van der Waals surface area (Å²) in [6.07, 6.45) is 1.28. The van der Waals surface area contributed by atoms with Crippen LogP contribution in [0.15, 0.2) is 24.3 Å². The molecule has 0 bridgehead atoms. The highest BCUT2D eigenvalue weighted by Crippen LogP contribution is 2.28. The summed E-state index contributed by atoms with van der Waals surface area (Å²) in [6.45, 7) is 5.67. The van der Waals surface area contributed by atoms with Crippen LogP contribution in [0.5, 0.6) is 0 Å². The third-order valence-corrected chi connectivity index (χ3v) is 2.91. The van der Waals surface area contributed by atoms with Crippen molar-refractivity contribution in [1.82, 2.24) is 5.32 Å². The van der Waals surface area contributed by atoms with Gasteiger partial charge in [0.1, 0.15) is 0 Å². The Morgan fingerprint density at radius 1 is 1.31 bits per heavy atom. The third-order valence-electron chi connectivity index (χ3n) is 2.91. The minimum absolute atomic E-state index is 0.594. The molecule has 1 heterocycles. The highest BCUT2D eigenvalue weighted by molar-refractivity contribution is 5.29. The molecular weight excluding hydrogens is 158 g/mol. The molecule has 1 heteroatoms. The lowest BCUT2D eigenvalue weighted by atomic mass is 9.98. The van der Waals surface area contributed by atoms with Crippen LogP contribution in [0.25, 0.3) is 0 Å². The van der Waals surface area contributed by atoms with E-state index in [1.807, 2.05) is 0 Å². The van der Waals surface area contributed by atoms with E-state index in [4.69, 9.17) is 0 Å². The topological polar surface area (TPSA) is 12.0 Å². The Kier molecular flexibility index (Phi) is 2.36. The molecule has 1 fully saturated rings. The first-order valence-electron chi connectivity index (χ1n) is 5.06. The van der Waals surface area contributed by atoms with Gasteiger partial charge in [0.15, 0.2) is 0 Å². The van der Waals surface area contributed by atoms with Crippen LogP contribution in [0.4, 0.5) is 0 Å². The number of rotatable bonds is 1. The zero-order valence-electron chi connectivity index (χ0n) is 8.38. The molecular formula is C12H17N. The van der Waals surface area contributed by atoms with Gasteiger partial charge in [-0.15, -0.1) is 0 Å². The zero-order valence-corrected chi connectivity index (χ0v) is 8.38. The summed E-state index contributed by atoms with van der Waals surface area (Å²) in [5, 5.41) is 3.56. The highest BCUT2D eigenvalue weighted by atomic mass is 14.9. The molecule has 2 rings (SSSR count).